The van der Waals surface area contributed by atoms with Crippen molar-refractivity contribution in [2.45, 2.75) is 37.0 Å². The van der Waals surface area contributed by atoms with E-state index in [9.17, 15) is 24.3 Å². The molecule has 5 atom stereocenters. The maximum atomic E-state index is 12.8. The van der Waals surface area contributed by atoms with E-state index >= 15 is 0 Å². The zero-order chi connectivity index (χ0) is 21.5. The van der Waals surface area contributed by atoms with Gasteiger partial charge in [-0.05, 0) is 12.7 Å². The van der Waals surface area contributed by atoms with Gasteiger partial charge in [-0.25, -0.2) is 4.98 Å². The lowest BCUT2D eigenvalue weighted by atomic mass is 10.1. The smallest absolute Gasteiger partial charge is 0.320 e. The standard InChI is InChI=1S/C15H24N6O7S/c1-29(27,3-2-6(16)14(25)26)4-7-9(22)10(23)13(28-7)21-5-18-8-11(21)19-15(17)20-12(8)24/h5-7,9-10,13,22-23,29H,2-4,16H2,1H3,(H,25,26)(H3,17,19,20,24)/t6-,7+,9+,10+,13+/m0/s1. The molecule has 3 heterocycles. The molecule has 8 N–H and O–H groups in total. The third kappa shape index (κ3) is 4.30. The molecule has 1 fully saturated rings. The Morgan fingerprint density at radius 3 is 2.72 bits per heavy atom. The highest BCUT2D eigenvalue weighted by atomic mass is 32.2. The van der Waals surface area contributed by atoms with E-state index in [1.165, 1.54) is 17.2 Å². The van der Waals surface area contributed by atoms with E-state index in [4.69, 9.17) is 21.3 Å². The number of hydrogen-bond donors (Lipinski definition) is 7. The first-order chi connectivity index (χ1) is 13.5. The molecule has 1 saturated heterocycles. The molecular weight excluding hydrogens is 408 g/mol. The molecule has 0 aliphatic carbocycles. The summed E-state index contributed by atoms with van der Waals surface area (Å²) in [6, 6.07) is -1.13. The summed E-state index contributed by atoms with van der Waals surface area (Å²) in [7, 11) is -2.92. The topological polar surface area (TPSA) is 220 Å². The SMILES string of the molecule is C[SH](=O)(CC[C@H](N)C(=O)O)C[C@H]1O[C@@H](n2cnc3c(O)nc(N)nc32)[C@H](O)[C@@H]1O. The number of aromatic nitrogens is 4. The number of aromatic hydroxyl groups is 1. The first kappa shape index (κ1) is 21.3. The van der Waals surface area contributed by atoms with Crippen LogP contribution in [0, 0.1) is 0 Å². The molecule has 0 aromatic carbocycles. The molecule has 0 amide bonds. The van der Waals surface area contributed by atoms with Gasteiger partial charge >= 0.3 is 5.97 Å². The van der Waals surface area contributed by atoms with Crippen molar-refractivity contribution < 1.29 is 34.2 Å². The summed E-state index contributed by atoms with van der Waals surface area (Å²) in [5, 5.41) is 39.5. The summed E-state index contributed by atoms with van der Waals surface area (Å²) in [5.41, 5.74) is 11.1. The van der Waals surface area contributed by atoms with Gasteiger partial charge < -0.3 is 36.6 Å². The van der Waals surface area contributed by atoms with Crippen molar-refractivity contribution in [3.63, 3.8) is 0 Å². The lowest BCUT2D eigenvalue weighted by molar-refractivity contribution is -0.138. The highest BCUT2D eigenvalue weighted by Crippen LogP contribution is 2.34. The zero-order valence-electron chi connectivity index (χ0n) is 15.5. The van der Waals surface area contributed by atoms with Crippen molar-refractivity contribution in [1.82, 2.24) is 19.5 Å². The van der Waals surface area contributed by atoms with Gasteiger partial charge in [0.15, 0.2) is 17.4 Å². The van der Waals surface area contributed by atoms with E-state index in [0.29, 0.717) is 0 Å². The number of nitrogens with zero attached hydrogens (tertiary/aromatic N) is 4. The van der Waals surface area contributed by atoms with Crippen molar-refractivity contribution in [2.24, 2.45) is 5.73 Å². The summed E-state index contributed by atoms with van der Waals surface area (Å²) in [5.74, 6) is -1.87. The molecule has 3 rings (SSSR count). The second-order valence-corrected chi connectivity index (χ2v) is 10.6. The van der Waals surface area contributed by atoms with Crippen LogP contribution in [0.2, 0.25) is 0 Å². The Bertz CT molecular complexity index is 968. The van der Waals surface area contributed by atoms with Gasteiger partial charge in [0, 0.05) is 11.5 Å². The van der Waals surface area contributed by atoms with Gasteiger partial charge in [0.25, 0.3) is 0 Å². The number of fused-ring (bicyclic) bond motifs is 1. The average molecular weight is 432 g/mol. The number of carboxylic acid groups (broad SMARTS) is 1. The molecule has 0 radical (unpaired) electrons. The Hall–Kier alpha value is -2.39. The predicted molar refractivity (Wildman–Crippen MR) is 103 cm³/mol. The predicted octanol–water partition coefficient (Wildman–Crippen LogP) is -2.82. The maximum Gasteiger partial charge on any atom is 0.320 e. The van der Waals surface area contributed by atoms with Crippen LogP contribution in [-0.2, 0) is 19.5 Å². The molecule has 1 aliphatic rings. The van der Waals surface area contributed by atoms with Crippen LogP contribution < -0.4 is 11.5 Å². The molecule has 1 aliphatic heterocycles. The normalized spacial score (nSPS) is 26.6. The van der Waals surface area contributed by atoms with Gasteiger partial charge in [-0.2, -0.15) is 9.97 Å². The molecule has 2 aromatic rings. The second kappa shape index (κ2) is 7.79. The monoisotopic (exact) mass is 432 g/mol. The number of thiol groups is 1. The molecule has 13 nitrogen and oxygen atoms in total. The fourth-order valence-corrected chi connectivity index (χ4v) is 5.29. The highest BCUT2D eigenvalue weighted by molar-refractivity contribution is 8.02. The number of aliphatic hydroxyl groups excluding tert-OH is 2. The third-order valence-electron chi connectivity index (χ3n) is 4.83. The number of aliphatic hydroxyl groups is 2. The number of ether oxygens (including phenoxy) is 1. The number of carboxylic acids is 1. The lowest BCUT2D eigenvalue weighted by Crippen LogP contribution is -2.39. The Labute approximate surface area is 165 Å². The van der Waals surface area contributed by atoms with E-state index in [1.54, 1.807) is 0 Å². The van der Waals surface area contributed by atoms with Crippen LogP contribution in [0.25, 0.3) is 11.2 Å². The Morgan fingerprint density at radius 1 is 1.38 bits per heavy atom. The number of aliphatic carboxylic acids is 1. The number of imidazole rings is 1. The van der Waals surface area contributed by atoms with E-state index < -0.39 is 52.4 Å². The van der Waals surface area contributed by atoms with Crippen molar-refractivity contribution in [3.8, 4) is 5.88 Å². The minimum Gasteiger partial charge on any atom is -0.492 e. The fourth-order valence-electron chi connectivity index (χ4n) is 3.22. The number of hydrogen-bond acceptors (Lipinski definition) is 11. The number of carbonyl (C=O) groups is 1. The number of rotatable bonds is 7. The Balaban J connectivity index is 1.77. The first-order valence-corrected chi connectivity index (χ1v) is 11.3. The minimum atomic E-state index is -2.92. The summed E-state index contributed by atoms with van der Waals surface area (Å²) in [4.78, 5) is 22.4. The van der Waals surface area contributed by atoms with Gasteiger partial charge in [0.2, 0.25) is 11.8 Å². The average Bonchev–Trinajstić information content (AvgIpc) is 3.16. The quantitative estimate of drug-likeness (QED) is 0.220. The molecule has 29 heavy (non-hydrogen) atoms. The second-order valence-electron chi connectivity index (χ2n) is 7.21. The number of nitrogen functional groups attached to an aromatic ring is 1. The van der Waals surface area contributed by atoms with Crippen LogP contribution >= 0.6 is 0 Å². The molecule has 0 spiro atoms. The Kier molecular flexibility index (Phi) is 5.73. The third-order valence-corrected chi connectivity index (χ3v) is 7.16. The Morgan fingerprint density at radius 2 is 2.07 bits per heavy atom. The van der Waals surface area contributed by atoms with Crippen molar-refractivity contribution in [3.05, 3.63) is 6.33 Å². The summed E-state index contributed by atoms with van der Waals surface area (Å²) >= 11 is 0. The largest absolute Gasteiger partial charge is 0.492 e. The zero-order valence-corrected chi connectivity index (χ0v) is 16.4. The van der Waals surface area contributed by atoms with E-state index in [2.05, 4.69) is 15.0 Å². The summed E-state index contributed by atoms with van der Waals surface area (Å²) in [6.07, 6.45) is -2.11. The van der Waals surface area contributed by atoms with Crippen molar-refractivity contribution in [2.75, 3.05) is 23.5 Å². The molecule has 162 valence electrons. The number of anilines is 1. The first-order valence-electron chi connectivity index (χ1n) is 8.74. The van der Waals surface area contributed by atoms with Gasteiger partial charge in [0.05, 0.1) is 12.4 Å². The molecule has 0 unspecified atom stereocenters. The lowest BCUT2D eigenvalue weighted by Gasteiger charge is -2.24. The van der Waals surface area contributed by atoms with Crippen LogP contribution in [0.15, 0.2) is 6.33 Å². The minimum absolute atomic E-state index is 0.0134. The highest BCUT2D eigenvalue weighted by Gasteiger charge is 2.45. The fraction of sp³-hybridized carbons (Fsp3) is 0.600. The van der Waals surface area contributed by atoms with Crippen LogP contribution in [0.5, 0.6) is 5.88 Å². The van der Waals surface area contributed by atoms with Crippen LogP contribution in [-0.4, -0.2) is 92.2 Å². The van der Waals surface area contributed by atoms with Gasteiger partial charge in [-0.3, -0.25) is 13.6 Å². The van der Waals surface area contributed by atoms with E-state index in [1.807, 2.05) is 0 Å². The van der Waals surface area contributed by atoms with Crippen molar-refractivity contribution >= 4 is 33.0 Å². The van der Waals surface area contributed by atoms with Gasteiger partial charge in [0.1, 0.15) is 18.2 Å². The van der Waals surface area contributed by atoms with Gasteiger partial charge in [-0.1, -0.05) is 0 Å². The molecule has 2 aromatic heterocycles. The molecule has 14 heteroatoms. The molecular formula is C15H24N6O7S. The van der Waals surface area contributed by atoms with Crippen LogP contribution in [0.3, 0.4) is 0 Å². The van der Waals surface area contributed by atoms with Crippen LogP contribution in [0.4, 0.5) is 5.95 Å². The number of nitrogens with two attached hydrogens (primary N) is 2. The molecule has 0 saturated carbocycles. The summed E-state index contributed by atoms with van der Waals surface area (Å²) in [6.45, 7) is 0. The van der Waals surface area contributed by atoms with E-state index in [0.717, 1.165) is 0 Å². The van der Waals surface area contributed by atoms with Crippen molar-refractivity contribution in [1.29, 1.82) is 0 Å². The summed E-state index contributed by atoms with van der Waals surface area (Å²) < 4.78 is 19.9. The van der Waals surface area contributed by atoms with Crippen LogP contribution in [0.1, 0.15) is 12.6 Å². The van der Waals surface area contributed by atoms with E-state index in [-0.39, 0.29) is 35.0 Å². The maximum absolute atomic E-state index is 12.8. The van der Waals surface area contributed by atoms with Gasteiger partial charge in [-0.15, -0.1) is 9.93 Å². The molecule has 0 bridgehead atoms.